The number of para-hydroxylation sites is 3. The summed E-state index contributed by atoms with van der Waals surface area (Å²) in [5.74, 6) is 1.57. The normalized spacial score (nSPS) is 11.5. The summed E-state index contributed by atoms with van der Waals surface area (Å²) in [7, 11) is 0. The Labute approximate surface area is 356 Å². The van der Waals surface area contributed by atoms with Crippen LogP contribution >= 0.6 is 0 Å². The first kappa shape index (κ1) is 35.3. The van der Waals surface area contributed by atoms with Crippen LogP contribution in [0.15, 0.2) is 206 Å². The lowest BCUT2D eigenvalue weighted by molar-refractivity contribution is 1.07. The van der Waals surface area contributed by atoms with Gasteiger partial charge in [0.25, 0.3) is 0 Å². The number of nitrogens with zero attached hydrogens (tertiary/aromatic N) is 6. The molecule has 6 nitrogen and oxygen atoms in total. The van der Waals surface area contributed by atoms with Gasteiger partial charge >= 0.3 is 0 Å². The van der Waals surface area contributed by atoms with Crippen LogP contribution in [-0.2, 0) is 0 Å². The van der Waals surface area contributed by atoms with E-state index < -0.39 is 0 Å². The molecule has 6 heteroatoms. The van der Waals surface area contributed by atoms with E-state index in [1.807, 2.05) is 24.3 Å². The first-order valence-corrected chi connectivity index (χ1v) is 20.7. The topological polar surface area (TPSA) is 72.3 Å². The minimum Gasteiger partial charge on any atom is -0.309 e. The smallest absolute Gasteiger partial charge is 0.166 e. The van der Waals surface area contributed by atoms with Crippen LogP contribution in [0.1, 0.15) is 5.56 Å². The zero-order valence-electron chi connectivity index (χ0n) is 33.3. The maximum Gasteiger partial charge on any atom is 0.166 e. The summed E-state index contributed by atoms with van der Waals surface area (Å²) < 4.78 is 4.70. The Morgan fingerprint density at radius 3 is 1.76 bits per heavy atom. The van der Waals surface area contributed by atoms with E-state index in [0.717, 1.165) is 93.6 Å². The van der Waals surface area contributed by atoms with Gasteiger partial charge in [0.05, 0.1) is 39.4 Å². The van der Waals surface area contributed by atoms with E-state index in [-0.39, 0.29) is 0 Å². The molecule has 9 aromatic carbocycles. The van der Waals surface area contributed by atoms with Crippen LogP contribution in [0.5, 0.6) is 0 Å². The molecule has 0 spiro atoms. The Bertz CT molecular complexity index is 3760. The van der Waals surface area contributed by atoms with E-state index in [2.05, 4.69) is 191 Å². The van der Waals surface area contributed by atoms with Gasteiger partial charge in [0.2, 0.25) is 0 Å². The second-order valence-corrected chi connectivity index (χ2v) is 15.5. The van der Waals surface area contributed by atoms with Gasteiger partial charge in [0, 0.05) is 49.3 Å². The molecule has 0 amide bonds. The van der Waals surface area contributed by atoms with Crippen molar-refractivity contribution in [3.8, 4) is 62.7 Å². The zero-order valence-corrected chi connectivity index (χ0v) is 33.3. The predicted octanol–water partition coefficient (Wildman–Crippen LogP) is 13.8. The van der Waals surface area contributed by atoms with Crippen molar-refractivity contribution in [1.29, 1.82) is 5.26 Å². The fourth-order valence-electron chi connectivity index (χ4n) is 9.34. The Hall–Kier alpha value is -8.66. The number of aromatic nitrogens is 5. The fraction of sp³-hybridized carbons (Fsp3) is 0. The molecule has 0 fully saturated rings. The molecule has 0 bridgehead atoms. The molecule has 0 N–H and O–H groups in total. The first-order chi connectivity index (χ1) is 30.7. The van der Waals surface area contributed by atoms with E-state index >= 15 is 0 Å². The van der Waals surface area contributed by atoms with Crippen LogP contribution in [0.2, 0.25) is 0 Å². The number of benzene rings is 9. The van der Waals surface area contributed by atoms with Crippen molar-refractivity contribution < 1.29 is 0 Å². The average molecular weight is 791 g/mol. The molecule has 12 rings (SSSR count). The molecule has 12 aromatic rings. The van der Waals surface area contributed by atoms with Crippen molar-refractivity contribution in [2.45, 2.75) is 0 Å². The highest BCUT2D eigenvalue weighted by molar-refractivity contribution is 6.20. The maximum atomic E-state index is 9.99. The molecule has 0 unspecified atom stereocenters. The highest BCUT2D eigenvalue weighted by Gasteiger charge is 2.24. The average Bonchev–Trinajstić information content (AvgIpc) is 3.87. The minimum atomic E-state index is 0.487. The Kier molecular flexibility index (Phi) is 8.12. The van der Waals surface area contributed by atoms with Crippen molar-refractivity contribution in [3.05, 3.63) is 212 Å². The van der Waals surface area contributed by atoms with E-state index in [4.69, 9.17) is 15.0 Å². The van der Waals surface area contributed by atoms with Gasteiger partial charge in [0.15, 0.2) is 17.5 Å². The second-order valence-electron chi connectivity index (χ2n) is 15.5. The highest BCUT2D eigenvalue weighted by Crippen LogP contribution is 2.44. The van der Waals surface area contributed by atoms with Crippen molar-refractivity contribution >= 4 is 54.4 Å². The van der Waals surface area contributed by atoms with Gasteiger partial charge in [0.1, 0.15) is 0 Å². The summed E-state index contributed by atoms with van der Waals surface area (Å²) in [6, 6.07) is 73.8. The van der Waals surface area contributed by atoms with Gasteiger partial charge in [-0.25, -0.2) is 15.0 Å². The Morgan fingerprint density at radius 1 is 0.387 bits per heavy atom. The molecule has 0 atom stereocenters. The van der Waals surface area contributed by atoms with Crippen molar-refractivity contribution in [2.24, 2.45) is 0 Å². The van der Waals surface area contributed by atoms with E-state index in [0.29, 0.717) is 23.0 Å². The first-order valence-electron chi connectivity index (χ1n) is 20.7. The molecular weight excluding hydrogens is 757 g/mol. The van der Waals surface area contributed by atoms with Gasteiger partial charge in [-0.05, 0) is 71.1 Å². The summed E-state index contributed by atoms with van der Waals surface area (Å²) in [5, 5.41) is 16.7. The molecular formula is C56H34N6. The second kappa shape index (κ2) is 14.3. The summed E-state index contributed by atoms with van der Waals surface area (Å²) in [6.07, 6.45) is 0. The Balaban J connectivity index is 1.20. The lowest BCUT2D eigenvalue weighted by Crippen LogP contribution is -2.03. The monoisotopic (exact) mass is 790 g/mol. The quantitative estimate of drug-likeness (QED) is 0.168. The third kappa shape index (κ3) is 5.53. The van der Waals surface area contributed by atoms with Crippen LogP contribution in [0, 0.1) is 11.3 Å². The number of hydrogen-bond acceptors (Lipinski definition) is 4. The van der Waals surface area contributed by atoms with Crippen LogP contribution in [-0.4, -0.2) is 24.1 Å². The van der Waals surface area contributed by atoms with Gasteiger partial charge in [-0.3, -0.25) is 0 Å². The SMILES string of the molecule is N#Cc1cccc(-c2nc(-c3cccc4c3c3ccccc3n4-c3ccccc3)nc(-c3cccc4c5c(-c6ccccc6)cccc5n(-c5cccc6ccccc56)c34)n2)c1. The predicted molar refractivity (Wildman–Crippen MR) is 252 cm³/mol. The standard InChI is InChI=1S/C56H34N6/c57-35-36-16-11-21-39(34-36)54-58-55(45-28-15-32-49-52(45)43-25-9-10-30-48(43)61(49)40-22-5-2-6-23-40)60-56(59-54)46-29-13-27-44-51-42(38-17-3-1-4-18-38)26-14-33-50(51)62(53(44)46)47-31-12-20-37-19-7-8-24-41(37)47/h1-34H. The summed E-state index contributed by atoms with van der Waals surface area (Å²) in [5.41, 5.74) is 11.7. The summed E-state index contributed by atoms with van der Waals surface area (Å²) >= 11 is 0. The molecule has 3 aromatic heterocycles. The number of fused-ring (bicyclic) bond motifs is 7. The Morgan fingerprint density at radius 2 is 0.935 bits per heavy atom. The van der Waals surface area contributed by atoms with Crippen molar-refractivity contribution in [3.63, 3.8) is 0 Å². The molecule has 0 radical (unpaired) electrons. The number of hydrogen-bond donors (Lipinski definition) is 0. The molecule has 0 saturated carbocycles. The molecule has 0 aliphatic carbocycles. The number of nitriles is 1. The summed E-state index contributed by atoms with van der Waals surface area (Å²) in [4.78, 5) is 16.1. The molecule has 0 aliphatic rings. The largest absolute Gasteiger partial charge is 0.309 e. The minimum absolute atomic E-state index is 0.487. The van der Waals surface area contributed by atoms with Crippen LogP contribution in [0.3, 0.4) is 0 Å². The third-order valence-corrected chi connectivity index (χ3v) is 12.0. The molecule has 288 valence electrons. The maximum absolute atomic E-state index is 9.99. The van der Waals surface area contributed by atoms with Gasteiger partial charge in [-0.15, -0.1) is 0 Å². The van der Waals surface area contributed by atoms with E-state index in [1.165, 1.54) is 0 Å². The van der Waals surface area contributed by atoms with E-state index in [1.54, 1.807) is 6.07 Å². The van der Waals surface area contributed by atoms with Crippen molar-refractivity contribution in [2.75, 3.05) is 0 Å². The van der Waals surface area contributed by atoms with Gasteiger partial charge < -0.3 is 9.13 Å². The molecule has 0 aliphatic heterocycles. The van der Waals surface area contributed by atoms with E-state index in [9.17, 15) is 5.26 Å². The molecule has 3 heterocycles. The molecule has 0 saturated heterocycles. The van der Waals surface area contributed by atoms with Crippen LogP contribution < -0.4 is 0 Å². The number of rotatable bonds is 6. The van der Waals surface area contributed by atoms with Crippen LogP contribution in [0.25, 0.3) is 111 Å². The lowest BCUT2D eigenvalue weighted by atomic mass is 9.99. The molecule has 62 heavy (non-hydrogen) atoms. The lowest BCUT2D eigenvalue weighted by Gasteiger charge is -2.15. The van der Waals surface area contributed by atoms with Crippen molar-refractivity contribution in [1.82, 2.24) is 24.1 Å². The highest BCUT2D eigenvalue weighted by atomic mass is 15.1. The van der Waals surface area contributed by atoms with Crippen LogP contribution in [0.4, 0.5) is 0 Å². The fourth-order valence-corrected chi connectivity index (χ4v) is 9.34. The zero-order chi connectivity index (χ0) is 41.1. The summed E-state index contributed by atoms with van der Waals surface area (Å²) in [6.45, 7) is 0. The van der Waals surface area contributed by atoms with Gasteiger partial charge in [-0.2, -0.15) is 5.26 Å². The third-order valence-electron chi connectivity index (χ3n) is 12.0. The van der Waals surface area contributed by atoms with Gasteiger partial charge in [-0.1, -0.05) is 152 Å².